The van der Waals surface area contributed by atoms with Crippen molar-refractivity contribution in [2.45, 2.75) is 32.5 Å². The first-order chi connectivity index (χ1) is 18.3. The highest BCUT2D eigenvalue weighted by Gasteiger charge is 2.31. The first kappa shape index (κ1) is 25.4. The maximum atomic E-state index is 12.8. The summed E-state index contributed by atoms with van der Waals surface area (Å²) in [6.45, 7) is 3.92. The van der Waals surface area contributed by atoms with Gasteiger partial charge in [-0.05, 0) is 37.8 Å². The minimum atomic E-state index is -4.40. The van der Waals surface area contributed by atoms with Crippen LogP contribution in [0, 0.1) is 5.92 Å². The van der Waals surface area contributed by atoms with Gasteiger partial charge in [0.1, 0.15) is 16.9 Å². The van der Waals surface area contributed by atoms with E-state index >= 15 is 0 Å². The van der Waals surface area contributed by atoms with Crippen LogP contribution in [0.5, 0.6) is 5.88 Å². The van der Waals surface area contributed by atoms with Crippen LogP contribution in [0.3, 0.4) is 0 Å². The fraction of sp³-hybridized carbons (Fsp3) is 0.417. The van der Waals surface area contributed by atoms with Crippen LogP contribution < -0.4 is 9.64 Å². The predicted molar refractivity (Wildman–Crippen MR) is 129 cm³/mol. The van der Waals surface area contributed by atoms with E-state index in [2.05, 4.69) is 25.1 Å². The normalized spacial score (nSPS) is 14.7. The topological polar surface area (TPSA) is 113 Å². The van der Waals surface area contributed by atoms with Gasteiger partial charge in [0.15, 0.2) is 0 Å². The Bertz CT molecular complexity index is 1430. The number of carbonyl (C=O) groups excluding carboxylic acids is 1. The third-order valence-electron chi connectivity index (χ3n) is 6.38. The Morgan fingerprint density at radius 2 is 1.89 bits per heavy atom. The molecule has 38 heavy (non-hydrogen) atoms. The Morgan fingerprint density at radius 1 is 1.11 bits per heavy atom. The maximum absolute atomic E-state index is 12.8. The number of esters is 1. The van der Waals surface area contributed by atoms with Crippen molar-refractivity contribution in [3.05, 3.63) is 48.0 Å². The number of methoxy groups -OCH3 is 1. The Balaban J connectivity index is 1.28. The number of pyridine rings is 1. The van der Waals surface area contributed by atoms with Crippen molar-refractivity contribution in [3.63, 3.8) is 0 Å². The predicted octanol–water partition coefficient (Wildman–Crippen LogP) is 3.53. The fourth-order valence-corrected chi connectivity index (χ4v) is 4.42. The molecule has 0 aromatic carbocycles. The summed E-state index contributed by atoms with van der Waals surface area (Å²) in [6.07, 6.45) is 2.60. The first-order valence-electron chi connectivity index (χ1n) is 12.0. The summed E-state index contributed by atoms with van der Waals surface area (Å²) in [5.41, 5.74) is 0.725. The number of nitrogens with zero attached hydrogens (tertiary/aromatic N) is 8. The minimum Gasteiger partial charge on any atom is -0.479 e. The van der Waals surface area contributed by atoms with E-state index in [-0.39, 0.29) is 24.0 Å². The van der Waals surface area contributed by atoms with Crippen molar-refractivity contribution in [1.29, 1.82) is 0 Å². The largest absolute Gasteiger partial charge is 0.479 e. The molecule has 0 spiro atoms. The van der Waals surface area contributed by atoms with Crippen LogP contribution in [0.1, 0.15) is 35.7 Å². The van der Waals surface area contributed by atoms with Gasteiger partial charge in [-0.25, -0.2) is 19.4 Å². The quantitative estimate of drug-likeness (QED) is 0.331. The highest BCUT2D eigenvalue weighted by molar-refractivity contribution is 5.88. The van der Waals surface area contributed by atoms with Gasteiger partial charge in [-0.15, -0.1) is 0 Å². The van der Waals surface area contributed by atoms with E-state index < -0.39 is 17.7 Å². The molecule has 0 atom stereocenters. The van der Waals surface area contributed by atoms with Crippen molar-refractivity contribution < 1.29 is 27.4 Å². The second-order valence-corrected chi connectivity index (χ2v) is 8.82. The molecule has 0 aliphatic carbocycles. The molecule has 14 heteroatoms. The lowest BCUT2D eigenvalue weighted by Crippen LogP contribution is -2.35. The molecule has 0 radical (unpaired) electrons. The lowest BCUT2D eigenvalue weighted by atomic mass is 9.97. The molecule has 1 aliphatic heterocycles. The molecule has 0 bridgehead atoms. The van der Waals surface area contributed by atoms with Gasteiger partial charge in [-0.2, -0.15) is 28.4 Å². The zero-order valence-electron chi connectivity index (χ0n) is 20.7. The summed E-state index contributed by atoms with van der Waals surface area (Å²) in [5.74, 6) is 0.878. The number of anilines is 1. The zero-order chi connectivity index (χ0) is 26.9. The number of halogens is 3. The Hall–Kier alpha value is -4.23. The van der Waals surface area contributed by atoms with Gasteiger partial charge < -0.3 is 14.4 Å². The van der Waals surface area contributed by atoms with Crippen LogP contribution in [-0.2, 0) is 17.5 Å². The van der Waals surface area contributed by atoms with Crippen LogP contribution in [0.4, 0.5) is 19.0 Å². The van der Waals surface area contributed by atoms with Gasteiger partial charge in [-0.1, -0.05) is 0 Å². The number of aromatic nitrogens is 7. The molecule has 5 rings (SSSR count). The summed E-state index contributed by atoms with van der Waals surface area (Å²) < 4.78 is 52.2. The second kappa shape index (κ2) is 10.3. The third-order valence-corrected chi connectivity index (χ3v) is 6.38. The van der Waals surface area contributed by atoms with E-state index in [4.69, 9.17) is 9.47 Å². The first-order valence-corrected chi connectivity index (χ1v) is 12.0. The molecule has 5 heterocycles. The van der Waals surface area contributed by atoms with Crippen molar-refractivity contribution in [2.75, 3.05) is 31.7 Å². The average molecular weight is 531 g/mol. The number of hydrogen-bond acceptors (Lipinski definition) is 9. The smallest absolute Gasteiger partial charge is 0.417 e. The van der Waals surface area contributed by atoms with Gasteiger partial charge in [-0.3, -0.25) is 4.68 Å². The SMILES string of the molecule is CCOC(=O)c1cnn(-c2nc(OC)c3c(cnn3CC3CCN(c4ccc(C(F)(F)F)cn4)CC3)n2)c1. The Kier molecular flexibility index (Phi) is 6.87. The Morgan fingerprint density at radius 3 is 2.55 bits per heavy atom. The number of alkyl halides is 3. The van der Waals surface area contributed by atoms with Crippen molar-refractivity contribution in [2.24, 2.45) is 5.92 Å². The van der Waals surface area contributed by atoms with Crippen molar-refractivity contribution in [3.8, 4) is 11.8 Å². The summed E-state index contributed by atoms with van der Waals surface area (Å²) in [5, 5.41) is 8.66. The fourth-order valence-electron chi connectivity index (χ4n) is 4.42. The monoisotopic (exact) mass is 530 g/mol. The van der Waals surface area contributed by atoms with Gasteiger partial charge in [0.25, 0.3) is 5.95 Å². The highest BCUT2D eigenvalue weighted by Crippen LogP contribution is 2.31. The molecular formula is C24H25F3N8O3. The van der Waals surface area contributed by atoms with Crippen molar-refractivity contribution >= 4 is 22.8 Å². The molecule has 1 aliphatic rings. The van der Waals surface area contributed by atoms with Gasteiger partial charge in [0.05, 0.1) is 37.2 Å². The lowest BCUT2D eigenvalue weighted by molar-refractivity contribution is -0.137. The number of fused-ring (bicyclic) bond motifs is 1. The van der Waals surface area contributed by atoms with Crippen LogP contribution >= 0.6 is 0 Å². The molecular weight excluding hydrogens is 505 g/mol. The van der Waals surface area contributed by atoms with Crippen LogP contribution in [0.25, 0.3) is 17.0 Å². The van der Waals surface area contributed by atoms with Crippen molar-refractivity contribution in [1.82, 2.24) is 34.5 Å². The molecule has 0 amide bonds. The molecule has 1 saturated heterocycles. The maximum Gasteiger partial charge on any atom is 0.417 e. The summed E-state index contributed by atoms with van der Waals surface area (Å²) in [6, 6.07) is 2.48. The van der Waals surface area contributed by atoms with Gasteiger partial charge >= 0.3 is 12.1 Å². The summed E-state index contributed by atoms with van der Waals surface area (Å²) in [4.78, 5) is 27.0. The number of ether oxygens (including phenoxy) is 2. The van der Waals surface area contributed by atoms with E-state index in [0.29, 0.717) is 42.4 Å². The second-order valence-electron chi connectivity index (χ2n) is 8.82. The van der Waals surface area contributed by atoms with E-state index in [1.54, 1.807) is 13.1 Å². The van der Waals surface area contributed by atoms with E-state index in [0.717, 1.165) is 25.1 Å². The molecule has 4 aromatic heterocycles. The lowest BCUT2D eigenvalue weighted by Gasteiger charge is -2.33. The third kappa shape index (κ3) is 5.10. The number of piperidine rings is 1. The molecule has 0 unspecified atom stereocenters. The molecule has 0 N–H and O–H groups in total. The highest BCUT2D eigenvalue weighted by atomic mass is 19.4. The zero-order valence-corrected chi connectivity index (χ0v) is 20.7. The summed E-state index contributed by atoms with van der Waals surface area (Å²) >= 11 is 0. The molecule has 200 valence electrons. The van der Waals surface area contributed by atoms with Gasteiger partial charge in [0, 0.05) is 32.0 Å². The van der Waals surface area contributed by atoms with Crippen LogP contribution in [-0.4, -0.2) is 67.3 Å². The van der Waals surface area contributed by atoms with Crippen LogP contribution in [0.2, 0.25) is 0 Å². The number of hydrogen-bond donors (Lipinski definition) is 0. The molecule has 11 nitrogen and oxygen atoms in total. The number of rotatable bonds is 7. The average Bonchev–Trinajstić information content (AvgIpc) is 3.56. The van der Waals surface area contributed by atoms with E-state index in [1.165, 1.54) is 30.3 Å². The van der Waals surface area contributed by atoms with E-state index in [1.807, 2.05) is 9.58 Å². The molecule has 0 saturated carbocycles. The Labute approximate surface area is 215 Å². The standard InChI is InChI=1S/C24H25F3N8O3/c1-3-38-22(36)16-10-29-35(14-16)23-31-18-12-30-34(20(18)21(32-23)37-2)13-15-6-8-33(9-7-15)19-5-4-17(11-28-19)24(25,26)27/h4-5,10-12,14-15H,3,6-9,13H2,1-2H3. The van der Waals surface area contributed by atoms with E-state index in [9.17, 15) is 18.0 Å². The molecule has 1 fully saturated rings. The van der Waals surface area contributed by atoms with Gasteiger partial charge in [0.2, 0.25) is 5.88 Å². The minimum absolute atomic E-state index is 0.224. The summed E-state index contributed by atoms with van der Waals surface area (Å²) in [7, 11) is 1.51. The number of carbonyl (C=O) groups is 1. The van der Waals surface area contributed by atoms with Crippen LogP contribution in [0.15, 0.2) is 36.9 Å². The molecule has 4 aromatic rings.